The number of pyridine rings is 1. The van der Waals surface area contributed by atoms with E-state index in [9.17, 15) is 4.79 Å². The third kappa shape index (κ3) is 5.17. The minimum absolute atomic E-state index is 0.0422. The van der Waals surface area contributed by atoms with Crippen LogP contribution in [0.5, 0.6) is 5.75 Å². The molecule has 0 bridgehead atoms. The first-order chi connectivity index (χ1) is 17.9. The maximum atomic E-state index is 13.7. The smallest absolute Gasteiger partial charge is 0.253 e. The van der Waals surface area contributed by atoms with Gasteiger partial charge in [-0.25, -0.2) is 4.68 Å². The van der Waals surface area contributed by atoms with Crippen molar-refractivity contribution in [3.05, 3.63) is 70.2 Å². The molecule has 10 heteroatoms. The largest absolute Gasteiger partial charge is 0.497 e. The number of nitrogens with one attached hydrogen (secondary N) is 1. The van der Waals surface area contributed by atoms with Crippen molar-refractivity contribution in [3.63, 3.8) is 0 Å². The molecule has 10 nitrogen and oxygen atoms in total. The molecule has 3 aromatic heterocycles. The molecule has 1 saturated heterocycles. The molecule has 0 unspecified atom stereocenters. The van der Waals surface area contributed by atoms with Crippen molar-refractivity contribution < 1.29 is 13.9 Å². The molecule has 0 aliphatic carbocycles. The maximum Gasteiger partial charge on any atom is 0.253 e. The summed E-state index contributed by atoms with van der Waals surface area (Å²) in [5, 5.41) is 13.8. The lowest BCUT2D eigenvalue weighted by molar-refractivity contribution is 0.0534. The van der Waals surface area contributed by atoms with Gasteiger partial charge >= 0.3 is 0 Å². The number of methoxy groups -OCH3 is 1. The Kier molecular flexibility index (Phi) is 7.12. The molecule has 37 heavy (non-hydrogen) atoms. The van der Waals surface area contributed by atoms with Crippen LogP contribution >= 0.6 is 0 Å². The van der Waals surface area contributed by atoms with Crippen LogP contribution < -0.4 is 10.3 Å². The summed E-state index contributed by atoms with van der Waals surface area (Å²) in [6.45, 7) is 8.09. The van der Waals surface area contributed by atoms with E-state index in [1.165, 1.54) is 0 Å². The van der Waals surface area contributed by atoms with Gasteiger partial charge in [-0.3, -0.25) is 9.69 Å². The third-order valence-corrected chi connectivity index (χ3v) is 7.32. The van der Waals surface area contributed by atoms with Crippen LogP contribution in [-0.4, -0.2) is 56.5 Å². The fourth-order valence-corrected chi connectivity index (χ4v) is 4.89. The lowest BCUT2D eigenvalue weighted by atomic mass is 9.98. The number of hydrogen-bond acceptors (Lipinski definition) is 8. The maximum absolute atomic E-state index is 13.7. The first-order valence-corrected chi connectivity index (χ1v) is 12.8. The van der Waals surface area contributed by atoms with Gasteiger partial charge < -0.3 is 18.9 Å². The van der Waals surface area contributed by atoms with E-state index < -0.39 is 6.04 Å². The van der Waals surface area contributed by atoms with Gasteiger partial charge in [-0.1, -0.05) is 6.92 Å². The van der Waals surface area contributed by atoms with Crippen molar-refractivity contribution in [2.75, 3.05) is 20.3 Å². The second kappa shape index (κ2) is 10.5. The minimum Gasteiger partial charge on any atom is -0.497 e. The molecule has 196 valence electrons. The summed E-state index contributed by atoms with van der Waals surface area (Å²) >= 11 is 0. The van der Waals surface area contributed by atoms with Gasteiger partial charge in [0.15, 0.2) is 5.82 Å². The van der Waals surface area contributed by atoms with Crippen LogP contribution in [0.3, 0.4) is 0 Å². The quantitative estimate of drug-likeness (QED) is 0.343. The van der Waals surface area contributed by atoms with Crippen LogP contribution in [-0.2, 0) is 16.8 Å². The molecular weight excluding hydrogens is 472 g/mol. The Morgan fingerprint density at radius 2 is 2.16 bits per heavy atom. The summed E-state index contributed by atoms with van der Waals surface area (Å²) in [7, 11) is 1.63. The van der Waals surface area contributed by atoms with E-state index in [1.54, 1.807) is 13.4 Å². The zero-order chi connectivity index (χ0) is 26.0. The fraction of sp³-hybridized carbons (Fsp3) is 0.481. The Morgan fingerprint density at radius 3 is 2.86 bits per heavy atom. The molecule has 0 spiro atoms. The number of nitrogens with zero attached hydrogens (tertiary/aromatic N) is 5. The van der Waals surface area contributed by atoms with Gasteiger partial charge in [0.2, 0.25) is 0 Å². The van der Waals surface area contributed by atoms with Crippen LogP contribution in [0, 0.1) is 0 Å². The Hall–Kier alpha value is -3.50. The van der Waals surface area contributed by atoms with Crippen molar-refractivity contribution in [2.45, 2.75) is 64.3 Å². The van der Waals surface area contributed by atoms with Crippen LogP contribution in [0.25, 0.3) is 10.9 Å². The summed E-state index contributed by atoms with van der Waals surface area (Å²) in [6.07, 6.45) is 4.49. The number of hydrogen-bond donors (Lipinski definition) is 1. The number of benzene rings is 1. The molecule has 5 rings (SSSR count). The monoisotopic (exact) mass is 506 g/mol. The van der Waals surface area contributed by atoms with E-state index in [1.807, 2.05) is 41.1 Å². The van der Waals surface area contributed by atoms with E-state index in [2.05, 4.69) is 46.2 Å². The summed E-state index contributed by atoms with van der Waals surface area (Å²) in [5.41, 5.74) is 0.736. The lowest BCUT2D eigenvalue weighted by Gasteiger charge is -2.34. The van der Waals surface area contributed by atoms with Gasteiger partial charge in [-0.2, -0.15) is 0 Å². The summed E-state index contributed by atoms with van der Waals surface area (Å²) < 4.78 is 19.0. The van der Waals surface area contributed by atoms with Crippen molar-refractivity contribution in [2.24, 2.45) is 0 Å². The van der Waals surface area contributed by atoms with Gasteiger partial charge in [0, 0.05) is 29.6 Å². The number of aromatic amines is 1. The Morgan fingerprint density at radius 1 is 1.30 bits per heavy atom. The zero-order valence-corrected chi connectivity index (χ0v) is 21.8. The number of rotatable bonds is 10. The van der Waals surface area contributed by atoms with Gasteiger partial charge in [0.05, 0.1) is 31.6 Å². The minimum atomic E-state index is -0.547. The highest BCUT2D eigenvalue weighted by Gasteiger charge is 2.36. The average molecular weight is 507 g/mol. The van der Waals surface area contributed by atoms with E-state index in [4.69, 9.17) is 13.9 Å². The van der Waals surface area contributed by atoms with Crippen LogP contribution in [0.2, 0.25) is 0 Å². The molecule has 0 saturated carbocycles. The van der Waals surface area contributed by atoms with Crippen molar-refractivity contribution in [1.82, 2.24) is 30.1 Å². The van der Waals surface area contributed by atoms with Crippen LogP contribution in [0.1, 0.15) is 63.2 Å². The average Bonchev–Trinajstić information content (AvgIpc) is 3.68. The Bertz CT molecular complexity index is 1390. The Balaban J connectivity index is 1.70. The van der Waals surface area contributed by atoms with E-state index in [0.29, 0.717) is 30.2 Å². The molecule has 4 aromatic rings. The lowest BCUT2D eigenvalue weighted by Crippen LogP contribution is -2.41. The number of ether oxygens (including phenoxy) is 2. The molecule has 0 radical (unpaired) electrons. The second-order valence-electron chi connectivity index (χ2n) is 10.2. The van der Waals surface area contributed by atoms with E-state index in [-0.39, 0.29) is 17.2 Å². The van der Waals surface area contributed by atoms with Crippen molar-refractivity contribution in [1.29, 1.82) is 0 Å². The predicted octanol–water partition coefficient (Wildman–Crippen LogP) is 4.03. The molecule has 1 aromatic carbocycles. The topological polar surface area (TPSA) is 111 Å². The molecular formula is C27H34N6O4. The molecule has 0 amide bonds. The normalized spacial score (nSPS) is 17.1. The Labute approximate surface area is 215 Å². The van der Waals surface area contributed by atoms with Crippen LogP contribution in [0.15, 0.2) is 51.9 Å². The standard InChI is InChI=1S/C27H34N6O4/c1-5-27(2,3)33-25(29-30-31-33)24(22-15-18-14-19(35-4)10-11-23(18)28-26(22)34)32(16-20-8-6-12-36-20)17-21-9-7-13-37-21/h6,8,10-12,14-15,21,24H,5,7,9,13,16-17H2,1-4H3,(H,28,34)/t21-,24-/m0/s1. The number of fused-ring (bicyclic) bond motifs is 1. The molecule has 1 aliphatic heterocycles. The number of tetrazole rings is 1. The second-order valence-corrected chi connectivity index (χ2v) is 10.2. The van der Waals surface area contributed by atoms with E-state index >= 15 is 0 Å². The molecule has 4 heterocycles. The molecule has 2 atom stereocenters. The van der Waals surface area contributed by atoms with Gasteiger partial charge in [-0.05, 0) is 79.9 Å². The summed E-state index contributed by atoms with van der Waals surface area (Å²) in [4.78, 5) is 18.9. The van der Waals surface area contributed by atoms with Crippen molar-refractivity contribution in [3.8, 4) is 5.75 Å². The van der Waals surface area contributed by atoms with E-state index in [0.717, 1.165) is 42.5 Å². The highest BCUT2D eigenvalue weighted by atomic mass is 16.5. The highest BCUT2D eigenvalue weighted by Crippen LogP contribution is 2.33. The first kappa shape index (κ1) is 25.2. The van der Waals surface area contributed by atoms with Gasteiger partial charge in [0.25, 0.3) is 5.56 Å². The van der Waals surface area contributed by atoms with Crippen LogP contribution in [0.4, 0.5) is 0 Å². The first-order valence-electron chi connectivity index (χ1n) is 12.8. The number of aromatic nitrogens is 5. The highest BCUT2D eigenvalue weighted by molar-refractivity contribution is 5.80. The summed E-state index contributed by atoms with van der Waals surface area (Å²) in [6, 6.07) is 10.8. The van der Waals surface area contributed by atoms with Gasteiger partial charge in [-0.15, -0.1) is 5.10 Å². The number of furan rings is 1. The zero-order valence-electron chi connectivity index (χ0n) is 21.8. The fourth-order valence-electron chi connectivity index (χ4n) is 4.89. The van der Waals surface area contributed by atoms with Crippen molar-refractivity contribution >= 4 is 10.9 Å². The molecule has 1 fully saturated rings. The predicted molar refractivity (Wildman–Crippen MR) is 138 cm³/mol. The SMILES string of the molecule is CCC(C)(C)n1nnnc1[C@H](c1cc2cc(OC)ccc2[nH]c1=O)N(Cc1ccco1)C[C@@H]1CCCO1. The van der Waals surface area contributed by atoms with Gasteiger partial charge in [0.1, 0.15) is 17.6 Å². The molecule has 1 N–H and O–H groups in total. The summed E-state index contributed by atoms with van der Waals surface area (Å²) in [5.74, 6) is 2.10. The molecule has 1 aliphatic rings. The number of H-pyrrole nitrogens is 1. The third-order valence-electron chi connectivity index (χ3n) is 7.32.